The number of carbonyl (C=O) groups is 1. The third-order valence-corrected chi connectivity index (χ3v) is 4.38. The van der Waals surface area contributed by atoms with E-state index in [1.165, 1.54) is 12.8 Å². The largest absolute Gasteiger partial charge is 0.341 e. The van der Waals surface area contributed by atoms with Gasteiger partial charge in [-0.15, -0.1) is 0 Å². The quantitative estimate of drug-likeness (QED) is 0.724. The van der Waals surface area contributed by atoms with E-state index >= 15 is 0 Å². The lowest BCUT2D eigenvalue weighted by atomic mass is 10.2. The number of aromatic nitrogens is 4. The van der Waals surface area contributed by atoms with Crippen molar-refractivity contribution in [1.29, 1.82) is 0 Å². The van der Waals surface area contributed by atoms with Crippen LogP contribution in [0, 0.1) is 0 Å². The Kier molecular flexibility index (Phi) is 3.72. The van der Waals surface area contributed by atoms with E-state index in [1.807, 2.05) is 30.6 Å². The van der Waals surface area contributed by atoms with Gasteiger partial charge >= 0.3 is 0 Å². The molecule has 24 heavy (non-hydrogen) atoms. The number of amides is 1. The summed E-state index contributed by atoms with van der Waals surface area (Å²) in [6.07, 6.45) is 8.35. The number of fused-ring (bicyclic) bond motifs is 1. The van der Waals surface area contributed by atoms with Gasteiger partial charge in [0, 0.05) is 44.1 Å². The molecule has 6 heteroatoms. The molecule has 1 fully saturated rings. The first kappa shape index (κ1) is 14.8. The lowest BCUT2D eigenvalue weighted by Gasteiger charge is -2.16. The van der Waals surface area contributed by atoms with E-state index in [9.17, 15) is 4.79 Å². The van der Waals surface area contributed by atoms with Crippen LogP contribution in [0.3, 0.4) is 0 Å². The Labute approximate surface area is 140 Å². The highest BCUT2D eigenvalue weighted by molar-refractivity contribution is 5.96. The Balaban J connectivity index is 1.48. The van der Waals surface area contributed by atoms with E-state index in [1.54, 1.807) is 24.3 Å². The first-order valence-electron chi connectivity index (χ1n) is 8.20. The second-order valence-electron chi connectivity index (χ2n) is 6.25. The maximum absolute atomic E-state index is 12.6. The molecule has 0 bridgehead atoms. The molecular weight excluding hydrogens is 302 g/mol. The van der Waals surface area contributed by atoms with Crippen LogP contribution in [0.15, 0.2) is 43.0 Å². The van der Waals surface area contributed by atoms with Crippen LogP contribution in [-0.4, -0.2) is 43.9 Å². The van der Waals surface area contributed by atoms with Crippen molar-refractivity contribution in [3.05, 3.63) is 54.2 Å². The van der Waals surface area contributed by atoms with Crippen molar-refractivity contribution < 1.29 is 4.79 Å². The molecule has 0 aliphatic heterocycles. The van der Waals surface area contributed by atoms with Gasteiger partial charge in [-0.3, -0.25) is 9.78 Å². The predicted molar refractivity (Wildman–Crippen MR) is 90.7 cm³/mol. The average Bonchev–Trinajstić information content (AvgIpc) is 3.38. The third kappa shape index (κ3) is 2.87. The topological polar surface area (TPSA) is 63.9 Å². The normalized spacial score (nSPS) is 14.0. The Hall–Kier alpha value is -2.76. The molecule has 0 atom stereocenters. The number of nitrogens with zero attached hydrogens (tertiary/aromatic N) is 5. The molecule has 6 nitrogen and oxygen atoms in total. The SMILES string of the molecule is CN(CCc1ccccn1)C(=O)c1cnc2c(c1)ncn2C1CC1. The van der Waals surface area contributed by atoms with Gasteiger partial charge in [-0.05, 0) is 31.0 Å². The molecule has 0 N–H and O–H groups in total. The summed E-state index contributed by atoms with van der Waals surface area (Å²) >= 11 is 0. The lowest BCUT2D eigenvalue weighted by Crippen LogP contribution is -2.29. The van der Waals surface area contributed by atoms with Crippen LogP contribution in [0.1, 0.15) is 34.9 Å². The smallest absolute Gasteiger partial charge is 0.255 e. The van der Waals surface area contributed by atoms with Crippen LogP contribution >= 0.6 is 0 Å². The summed E-state index contributed by atoms with van der Waals surface area (Å²) in [5.74, 6) is -0.0405. The number of imidazole rings is 1. The summed E-state index contributed by atoms with van der Waals surface area (Å²) in [7, 11) is 1.80. The number of likely N-dealkylation sites (N-methyl/N-ethyl adjacent to an activating group) is 1. The van der Waals surface area contributed by atoms with Crippen LogP contribution in [0.5, 0.6) is 0 Å². The molecule has 3 aromatic rings. The molecule has 4 rings (SSSR count). The van der Waals surface area contributed by atoms with Crippen molar-refractivity contribution in [2.75, 3.05) is 13.6 Å². The molecule has 122 valence electrons. The Morgan fingerprint density at radius 1 is 1.29 bits per heavy atom. The van der Waals surface area contributed by atoms with Gasteiger partial charge in [0.05, 0.1) is 11.9 Å². The van der Waals surface area contributed by atoms with Crippen molar-refractivity contribution in [1.82, 2.24) is 24.4 Å². The summed E-state index contributed by atoms with van der Waals surface area (Å²) in [6, 6.07) is 8.18. The molecule has 0 radical (unpaired) electrons. The fourth-order valence-electron chi connectivity index (χ4n) is 2.81. The Morgan fingerprint density at radius 3 is 2.92 bits per heavy atom. The standard InChI is InChI=1S/C18H19N5O/c1-22(9-7-14-4-2-3-8-19-14)18(24)13-10-16-17(20-11-13)23(12-21-16)15-5-6-15/h2-4,8,10-12,15H,5-7,9H2,1H3. The van der Waals surface area contributed by atoms with Crippen LogP contribution < -0.4 is 0 Å². The van der Waals surface area contributed by atoms with Gasteiger partial charge in [-0.1, -0.05) is 6.07 Å². The van der Waals surface area contributed by atoms with Crippen LogP contribution in [0.2, 0.25) is 0 Å². The zero-order chi connectivity index (χ0) is 16.5. The highest BCUT2D eigenvalue weighted by Gasteiger charge is 2.25. The molecule has 0 unspecified atom stereocenters. The molecule has 1 aliphatic carbocycles. The van der Waals surface area contributed by atoms with E-state index in [2.05, 4.69) is 19.5 Å². The van der Waals surface area contributed by atoms with E-state index in [4.69, 9.17) is 0 Å². The summed E-state index contributed by atoms with van der Waals surface area (Å²) < 4.78 is 2.11. The first-order valence-corrected chi connectivity index (χ1v) is 8.20. The van der Waals surface area contributed by atoms with Crippen LogP contribution in [0.25, 0.3) is 11.2 Å². The lowest BCUT2D eigenvalue weighted by molar-refractivity contribution is 0.0796. The van der Waals surface area contributed by atoms with E-state index in [0.29, 0.717) is 18.2 Å². The zero-order valence-electron chi connectivity index (χ0n) is 13.6. The molecule has 1 aliphatic rings. The van der Waals surface area contributed by atoms with Gasteiger partial charge < -0.3 is 9.47 Å². The second-order valence-corrected chi connectivity index (χ2v) is 6.25. The molecule has 3 aromatic heterocycles. The molecule has 0 spiro atoms. The minimum absolute atomic E-state index is 0.0405. The van der Waals surface area contributed by atoms with Crippen molar-refractivity contribution in [2.45, 2.75) is 25.3 Å². The molecule has 0 saturated heterocycles. The average molecular weight is 321 g/mol. The Morgan fingerprint density at radius 2 is 2.17 bits per heavy atom. The molecule has 1 amide bonds. The summed E-state index contributed by atoms with van der Waals surface area (Å²) in [4.78, 5) is 27.4. The highest BCUT2D eigenvalue weighted by atomic mass is 16.2. The number of rotatable bonds is 5. The van der Waals surface area contributed by atoms with Crippen molar-refractivity contribution >= 4 is 17.1 Å². The molecule has 0 aromatic carbocycles. The van der Waals surface area contributed by atoms with Gasteiger partial charge in [0.15, 0.2) is 5.65 Å². The number of pyridine rings is 2. The van der Waals surface area contributed by atoms with Crippen LogP contribution in [0.4, 0.5) is 0 Å². The van der Waals surface area contributed by atoms with Gasteiger partial charge in [-0.2, -0.15) is 0 Å². The summed E-state index contributed by atoms with van der Waals surface area (Å²) in [5.41, 5.74) is 3.21. The Bertz CT molecular complexity index is 870. The summed E-state index contributed by atoms with van der Waals surface area (Å²) in [5, 5.41) is 0. The molecule has 1 saturated carbocycles. The maximum atomic E-state index is 12.6. The van der Waals surface area contributed by atoms with Gasteiger partial charge in [0.25, 0.3) is 5.91 Å². The van der Waals surface area contributed by atoms with Crippen molar-refractivity contribution in [3.8, 4) is 0 Å². The van der Waals surface area contributed by atoms with Crippen LogP contribution in [-0.2, 0) is 6.42 Å². The molecular formula is C18H19N5O. The van der Waals surface area contributed by atoms with Crippen molar-refractivity contribution in [2.24, 2.45) is 0 Å². The minimum Gasteiger partial charge on any atom is -0.341 e. The fraction of sp³-hybridized carbons (Fsp3) is 0.333. The zero-order valence-corrected chi connectivity index (χ0v) is 13.6. The van der Waals surface area contributed by atoms with Gasteiger partial charge in [0.1, 0.15) is 5.52 Å². The van der Waals surface area contributed by atoms with E-state index in [0.717, 1.165) is 23.3 Å². The fourth-order valence-corrected chi connectivity index (χ4v) is 2.81. The number of hydrogen-bond donors (Lipinski definition) is 0. The predicted octanol–water partition coefficient (Wildman–Crippen LogP) is 2.48. The van der Waals surface area contributed by atoms with E-state index < -0.39 is 0 Å². The number of hydrogen-bond acceptors (Lipinski definition) is 4. The maximum Gasteiger partial charge on any atom is 0.255 e. The van der Waals surface area contributed by atoms with Crippen molar-refractivity contribution in [3.63, 3.8) is 0 Å². The second kappa shape index (κ2) is 6.03. The third-order valence-electron chi connectivity index (χ3n) is 4.38. The molecule has 3 heterocycles. The van der Waals surface area contributed by atoms with Gasteiger partial charge in [0.2, 0.25) is 0 Å². The summed E-state index contributed by atoms with van der Waals surface area (Å²) in [6.45, 7) is 0.615. The highest BCUT2D eigenvalue weighted by Crippen LogP contribution is 2.36. The van der Waals surface area contributed by atoms with Gasteiger partial charge in [-0.25, -0.2) is 9.97 Å². The monoisotopic (exact) mass is 321 g/mol. The minimum atomic E-state index is -0.0405. The first-order chi connectivity index (χ1) is 11.7. The number of carbonyl (C=O) groups excluding carboxylic acids is 1. The van der Waals surface area contributed by atoms with E-state index in [-0.39, 0.29) is 5.91 Å².